The Morgan fingerprint density at radius 1 is 1.11 bits per heavy atom. The summed E-state index contributed by atoms with van der Waals surface area (Å²) in [7, 11) is 0. The Morgan fingerprint density at radius 3 is 2.44 bits per heavy atom. The Kier molecular flexibility index (Phi) is 5.70. The third-order valence-corrected chi connectivity index (χ3v) is 3.61. The highest BCUT2D eigenvalue weighted by molar-refractivity contribution is 5.15. The van der Waals surface area contributed by atoms with Gasteiger partial charge in [-0.25, -0.2) is 0 Å². The molecule has 0 radical (unpaired) electrons. The van der Waals surface area contributed by atoms with E-state index in [1.165, 1.54) is 6.42 Å². The van der Waals surface area contributed by atoms with Crippen LogP contribution >= 0.6 is 0 Å². The van der Waals surface area contributed by atoms with E-state index >= 15 is 0 Å². The average molecular weight is 264 g/mol. The third-order valence-electron chi connectivity index (χ3n) is 3.61. The van der Waals surface area contributed by atoms with E-state index in [1.807, 2.05) is 6.08 Å². The molecule has 1 N–H and O–H groups in total. The lowest BCUT2D eigenvalue weighted by Gasteiger charge is -2.28. The zero-order chi connectivity index (χ0) is 13.6. The van der Waals surface area contributed by atoms with Crippen LogP contribution in [0.15, 0.2) is 11.6 Å². The van der Waals surface area contributed by atoms with Gasteiger partial charge in [-0.3, -0.25) is 0 Å². The molecule has 0 saturated carbocycles. The van der Waals surface area contributed by atoms with Gasteiger partial charge in [-0.1, -0.05) is 18.9 Å². The van der Waals surface area contributed by atoms with Gasteiger partial charge >= 0.3 is 6.18 Å². The van der Waals surface area contributed by atoms with Crippen LogP contribution in [0.1, 0.15) is 64.7 Å². The Bertz CT molecular complexity index is 279. The van der Waals surface area contributed by atoms with Crippen LogP contribution in [-0.2, 0) is 0 Å². The standard InChI is InChI=1S/C14H23F3O/c1-13(18,10-7-11-14(15,16)17)12-8-5-3-2-4-6-9-12/h8,18H,2-7,9-11H2,1H3. The number of aliphatic hydroxyl groups is 1. The van der Waals surface area contributed by atoms with Crippen molar-refractivity contribution in [2.75, 3.05) is 0 Å². The van der Waals surface area contributed by atoms with Crippen molar-refractivity contribution < 1.29 is 18.3 Å². The van der Waals surface area contributed by atoms with Crippen LogP contribution in [-0.4, -0.2) is 16.9 Å². The monoisotopic (exact) mass is 264 g/mol. The van der Waals surface area contributed by atoms with Gasteiger partial charge in [0.1, 0.15) is 0 Å². The first-order valence-electron chi connectivity index (χ1n) is 6.80. The molecule has 0 heterocycles. The summed E-state index contributed by atoms with van der Waals surface area (Å²) in [6, 6.07) is 0. The van der Waals surface area contributed by atoms with E-state index in [0.29, 0.717) is 0 Å². The largest absolute Gasteiger partial charge is 0.389 e. The summed E-state index contributed by atoms with van der Waals surface area (Å²) in [5.41, 5.74) is -0.132. The van der Waals surface area contributed by atoms with E-state index in [9.17, 15) is 18.3 Å². The number of allylic oxidation sites excluding steroid dienone is 1. The maximum atomic E-state index is 12.1. The van der Waals surface area contributed by atoms with Crippen LogP contribution in [0.25, 0.3) is 0 Å². The quantitative estimate of drug-likeness (QED) is 0.726. The normalized spacial score (nSPS) is 21.7. The van der Waals surface area contributed by atoms with Gasteiger partial charge < -0.3 is 5.11 Å². The van der Waals surface area contributed by atoms with Crippen molar-refractivity contribution in [3.8, 4) is 0 Å². The predicted molar refractivity (Wildman–Crippen MR) is 66.3 cm³/mol. The molecule has 1 unspecified atom stereocenters. The van der Waals surface area contributed by atoms with Crippen molar-refractivity contribution in [3.05, 3.63) is 11.6 Å². The van der Waals surface area contributed by atoms with E-state index in [2.05, 4.69) is 0 Å². The number of rotatable bonds is 4. The first-order chi connectivity index (χ1) is 8.31. The first-order valence-corrected chi connectivity index (χ1v) is 6.80. The maximum absolute atomic E-state index is 12.1. The molecule has 1 nitrogen and oxygen atoms in total. The third kappa shape index (κ3) is 5.89. The molecule has 0 aliphatic heterocycles. The molecule has 0 aromatic heterocycles. The highest BCUT2D eigenvalue weighted by Gasteiger charge is 2.30. The molecule has 1 rings (SSSR count). The highest BCUT2D eigenvalue weighted by atomic mass is 19.4. The molecular weight excluding hydrogens is 241 g/mol. The molecule has 4 heteroatoms. The SMILES string of the molecule is CC(O)(CCCC(F)(F)F)C1=CCCCCCC1. The van der Waals surface area contributed by atoms with Crippen molar-refractivity contribution in [1.82, 2.24) is 0 Å². The van der Waals surface area contributed by atoms with Crippen molar-refractivity contribution in [1.29, 1.82) is 0 Å². The minimum atomic E-state index is -4.12. The van der Waals surface area contributed by atoms with Gasteiger partial charge in [-0.2, -0.15) is 13.2 Å². The van der Waals surface area contributed by atoms with E-state index in [4.69, 9.17) is 0 Å². The molecule has 0 saturated heterocycles. The van der Waals surface area contributed by atoms with Crippen molar-refractivity contribution in [2.45, 2.75) is 76.5 Å². The second-order valence-electron chi connectivity index (χ2n) is 5.42. The molecule has 1 aliphatic carbocycles. The topological polar surface area (TPSA) is 20.2 Å². The number of hydrogen-bond donors (Lipinski definition) is 1. The highest BCUT2D eigenvalue weighted by Crippen LogP contribution is 2.32. The Morgan fingerprint density at radius 2 is 1.78 bits per heavy atom. The van der Waals surface area contributed by atoms with E-state index in [1.54, 1.807) is 6.92 Å². The molecule has 0 spiro atoms. The Balaban J connectivity index is 2.49. The van der Waals surface area contributed by atoms with Gasteiger partial charge in [0.25, 0.3) is 0 Å². The summed E-state index contributed by atoms with van der Waals surface area (Å²) in [6.45, 7) is 1.65. The summed E-state index contributed by atoms with van der Waals surface area (Å²) in [5.74, 6) is 0. The molecule has 0 bridgehead atoms. The van der Waals surface area contributed by atoms with Gasteiger partial charge in [0.2, 0.25) is 0 Å². The van der Waals surface area contributed by atoms with Crippen LogP contribution in [0, 0.1) is 0 Å². The lowest BCUT2D eigenvalue weighted by atomic mass is 9.84. The lowest BCUT2D eigenvalue weighted by Crippen LogP contribution is -2.28. The average Bonchev–Trinajstić information content (AvgIpc) is 2.12. The van der Waals surface area contributed by atoms with Crippen LogP contribution < -0.4 is 0 Å². The molecule has 1 atom stereocenters. The molecule has 1 aliphatic rings. The molecular formula is C14H23F3O. The molecule has 106 valence electrons. The number of hydrogen-bond acceptors (Lipinski definition) is 1. The van der Waals surface area contributed by atoms with Crippen LogP contribution in [0.5, 0.6) is 0 Å². The fourth-order valence-electron chi connectivity index (χ4n) is 2.47. The Hall–Kier alpha value is -0.510. The summed E-state index contributed by atoms with van der Waals surface area (Å²) in [4.78, 5) is 0. The van der Waals surface area contributed by atoms with Crippen LogP contribution in [0.4, 0.5) is 13.2 Å². The summed E-state index contributed by atoms with van der Waals surface area (Å²) in [5, 5.41) is 10.3. The van der Waals surface area contributed by atoms with Crippen LogP contribution in [0.3, 0.4) is 0 Å². The van der Waals surface area contributed by atoms with Crippen molar-refractivity contribution >= 4 is 0 Å². The summed E-state index contributed by atoms with van der Waals surface area (Å²) in [6.07, 6.45) is 3.55. The minimum Gasteiger partial charge on any atom is -0.386 e. The van der Waals surface area contributed by atoms with Crippen molar-refractivity contribution in [2.24, 2.45) is 0 Å². The summed E-state index contributed by atoms with van der Waals surface area (Å²) >= 11 is 0. The van der Waals surface area contributed by atoms with Crippen molar-refractivity contribution in [3.63, 3.8) is 0 Å². The van der Waals surface area contributed by atoms with E-state index in [-0.39, 0.29) is 12.8 Å². The van der Waals surface area contributed by atoms with Gasteiger partial charge in [-0.05, 0) is 51.0 Å². The second kappa shape index (κ2) is 6.60. The minimum absolute atomic E-state index is 0.00611. The fraction of sp³-hybridized carbons (Fsp3) is 0.857. The summed E-state index contributed by atoms with van der Waals surface area (Å²) < 4.78 is 36.3. The molecule has 0 aromatic carbocycles. The number of halogens is 3. The van der Waals surface area contributed by atoms with Gasteiger partial charge in [0.15, 0.2) is 0 Å². The number of alkyl halides is 3. The Labute approximate surface area is 107 Å². The fourth-order valence-corrected chi connectivity index (χ4v) is 2.47. The van der Waals surface area contributed by atoms with Gasteiger partial charge in [-0.15, -0.1) is 0 Å². The van der Waals surface area contributed by atoms with E-state index in [0.717, 1.165) is 37.7 Å². The second-order valence-corrected chi connectivity index (χ2v) is 5.42. The van der Waals surface area contributed by atoms with Gasteiger partial charge in [0, 0.05) is 6.42 Å². The molecule has 18 heavy (non-hydrogen) atoms. The smallest absolute Gasteiger partial charge is 0.386 e. The van der Waals surface area contributed by atoms with Crippen LogP contribution in [0.2, 0.25) is 0 Å². The predicted octanol–water partition coefficient (Wildman–Crippen LogP) is 4.75. The lowest BCUT2D eigenvalue weighted by molar-refractivity contribution is -0.137. The first kappa shape index (κ1) is 15.5. The maximum Gasteiger partial charge on any atom is 0.389 e. The van der Waals surface area contributed by atoms with E-state index < -0.39 is 18.2 Å². The molecule has 0 fully saturated rings. The molecule has 0 amide bonds. The molecule has 0 aromatic rings. The van der Waals surface area contributed by atoms with Gasteiger partial charge in [0.05, 0.1) is 5.60 Å². The zero-order valence-electron chi connectivity index (χ0n) is 11.0. The zero-order valence-corrected chi connectivity index (χ0v) is 11.0.